The minimum atomic E-state index is 0.0459. The Hall–Kier alpha value is -2.07. The molecule has 0 unspecified atom stereocenters. The van der Waals surface area contributed by atoms with Crippen molar-refractivity contribution in [1.29, 1.82) is 0 Å². The lowest BCUT2D eigenvalue weighted by atomic mass is 10.1. The van der Waals surface area contributed by atoms with Crippen LogP contribution in [0, 0.1) is 0 Å². The van der Waals surface area contributed by atoms with Crippen molar-refractivity contribution in [3.05, 3.63) is 53.6 Å². The average Bonchev–Trinajstić information content (AvgIpc) is 2.60. The Bertz CT molecular complexity index is 590. The van der Waals surface area contributed by atoms with E-state index in [9.17, 15) is 4.79 Å². The molecule has 4 nitrogen and oxygen atoms in total. The van der Waals surface area contributed by atoms with Crippen molar-refractivity contribution in [1.82, 2.24) is 9.80 Å². The number of nitrogens with zero attached hydrogens (tertiary/aromatic N) is 2. The molecule has 0 aromatic heterocycles. The van der Waals surface area contributed by atoms with E-state index in [2.05, 4.69) is 23.1 Å². The normalized spacial score (nSPS) is 15.4. The van der Waals surface area contributed by atoms with E-state index in [4.69, 9.17) is 4.74 Å². The molecule has 2 rings (SSSR count). The lowest BCUT2D eigenvalue weighted by Gasteiger charge is -2.28. The third kappa shape index (κ3) is 5.24. The van der Waals surface area contributed by atoms with E-state index in [1.807, 2.05) is 45.2 Å². The van der Waals surface area contributed by atoms with Gasteiger partial charge in [0, 0.05) is 38.8 Å². The molecule has 1 aliphatic heterocycles. The van der Waals surface area contributed by atoms with Crippen molar-refractivity contribution in [2.24, 2.45) is 0 Å². The fourth-order valence-corrected chi connectivity index (χ4v) is 2.86. The van der Waals surface area contributed by atoms with Gasteiger partial charge in [-0.3, -0.25) is 9.69 Å². The minimum absolute atomic E-state index is 0.0459. The van der Waals surface area contributed by atoms with Gasteiger partial charge < -0.3 is 9.64 Å². The first-order valence-corrected chi connectivity index (χ1v) is 8.63. The fraction of sp³-hybridized carbons (Fsp3) is 0.450. The molecule has 0 spiro atoms. The highest BCUT2D eigenvalue weighted by atomic mass is 16.5. The lowest BCUT2D eigenvalue weighted by Crippen LogP contribution is -2.36. The highest BCUT2D eigenvalue weighted by molar-refractivity contribution is 5.94. The van der Waals surface area contributed by atoms with Crippen LogP contribution < -0.4 is 4.74 Å². The van der Waals surface area contributed by atoms with Crippen LogP contribution in [0.3, 0.4) is 0 Å². The van der Waals surface area contributed by atoms with Gasteiger partial charge in [0.15, 0.2) is 0 Å². The summed E-state index contributed by atoms with van der Waals surface area (Å²) in [6, 6.07) is 7.36. The van der Waals surface area contributed by atoms with Gasteiger partial charge in [-0.2, -0.15) is 0 Å². The third-order valence-corrected chi connectivity index (χ3v) is 4.10. The van der Waals surface area contributed by atoms with Crippen LogP contribution in [0.2, 0.25) is 0 Å². The highest BCUT2D eigenvalue weighted by Gasteiger charge is 2.17. The van der Waals surface area contributed by atoms with Crippen LogP contribution in [-0.4, -0.2) is 55.5 Å². The maximum Gasteiger partial charge on any atom is 0.253 e. The number of benzene rings is 1. The quantitative estimate of drug-likeness (QED) is 0.720. The Balaban J connectivity index is 1.92. The summed E-state index contributed by atoms with van der Waals surface area (Å²) in [4.78, 5) is 16.8. The molecule has 0 aliphatic carbocycles. The second kappa shape index (κ2) is 9.28. The zero-order chi connectivity index (χ0) is 17.4. The number of rotatable bonds is 7. The predicted octanol–water partition coefficient (Wildman–Crippen LogP) is 3.37. The molecule has 1 heterocycles. The van der Waals surface area contributed by atoms with Gasteiger partial charge in [-0.15, -0.1) is 0 Å². The Kier molecular flexibility index (Phi) is 7.07. The highest BCUT2D eigenvalue weighted by Crippen LogP contribution is 2.15. The smallest absolute Gasteiger partial charge is 0.253 e. The summed E-state index contributed by atoms with van der Waals surface area (Å²) in [5.74, 6) is 0.843. The Labute approximate surface area is 145 Å². The van der Waals surface area contributed by atoms with Crippen molar-refractivity contribution in [2.75, 3.05) is 39.8 Å². The molecule has 1 aromatic rings. The Morgan fingerprint density at radius 1 is 1.33 bits per heavy atom. The van der Waals surface area contributed by atoms with Crippen LogP contribution in [0.25, 0.3) is 0 Å². The number of hydrogen-bond donors (Lipinski definition) is 0. The monoisotopic (exact) mass is 328 g/mol. The summed E-state index contributed by atoms with van der Waals surface area (Å²) in [6.07, 6.45) is 7.59. The first-order chi connectivity index (χ1) is 11.6. The molecule has 24 heavy (non-hydrogen) atoms. The molecule has 4 heteroatoms. The zero-order valence-corrected chi connectivity index (χ0v) is 15.0. The summed E-state index contributed by atoms with van der Waals surface area (Å²) in [7, 11) is 1.87. The Morgan fingerprint density at radius 3 is 2.75 bits per heavy atom. The number of carbonyl (C=O) groups excluding carboxylic acids is 1. The molecule has 130 valence electrons. The maximum atomic E-state index is 12.6. The van der Waals surface area contributed by atoms with Gasteiger partial charge >= 0.3 is 0 Å². The van der Waals surface area contributed by atoms with Crippen LogP contribution in [0.5, 0.6) is 5.75 Å². The number of ether oxygens (including phenoxy) is 1. The maximum absolute atomic E-state index is 12.6. The van der Waals surface area contributed by atoms with E-state index in [0.29, 0.717) is 18.7 Å². The lowest BCUT2D eigenvalue weighted by molar-refractivity contribution is 0.0803. The Morgan fingerprint density at radius 2 is 2.08 bits per heavy atom. The standard InChI is InChI=1S/C20H28N2O2/c1-4-6-13-22-14-7-8-17(16-22)15-21(3)20(23)18-9-11-19(12-10-18)24-5-2/h4,6,8-12H,5,7,13-16H2,1-3H3/b6-4+. The van der Waals surface area contributed by atoms with Crippen molar-refractivity contribution in [3.63, 3.8) is 0 Å². The second-order valence-electron chi connectivity index (χ2n) is 6.07. The summed E-state index contributed by atoms with van der Waals surface area (Å²) in [5, 5.41) is 0. The van der Waals surface area contributed by atoms with Crippen molar-refractivity contribution in [2.45, 2.75) is 20.3 Å². The summed E-state index contributed by atoms with van der Waals surface area (Å²) >= 11 is 0. The van der Waals surface area contributed by atoms with E-state index in [-0.39, 0.29) is 5.91 Å². The van der Waals surface area contributed by atoms with E-state index >= 15 is 0 Å². The van der Waals surface area contributed by atoms with E-state index < -0.39 is 0 Å². The predicted molar refractivity (Wildman–Crippen MR) is 98.5 cm³/mol. The van der Waals surface area contributed by atoms with Crippen LogP contribution in [0.1, 0.15) is 30.6 Å². The van der Waals surface area contributed by atoms with Gasteiger partial charge in [-0.05, 0) is 50.1 Å². The molecule has 0 saturated heterocycles. The molecular formula is C20H28N2O2. The van der Waals surface area contributed by atoms with Crippen molar-refractivity contribution >= 4 is 5.91 Å². The molecule has 1 aliphatic rings. The molecule has 1 amide bonds. The van der Waals surface area contributed by atoms with Gasteiger partial charge in [0.2, 0.25) is 0 Å². The molecule has 1 aromatic carbocycles. The number of likely N-dealkylation sites (N-methyl/N-ethyl adjacent to an activating group) is 1. The third-order valence-electron chi connectivity index (χ3n) is 4.10. The van der Waals surface area contributed by atoms with Gasteiger partial charge in [0.25, 0.3) is 5.91 Å². The van der Waals surface area contributed by atoms with Crippen molar-refractivity contribution < 1.29 is 9.53 Å². The van der Waals surface area contributed by atoms with Crippen LogP contribution in [0.4, 0.5) is 0 Å². The van der Waals surface area contributed by atoms with Gasteiger partial charge in [0.05, 0.1) is 6.61 Å². The fourth-order valence-electron chi connectivity index (χ4n) is 2.86. The van der Waals surface area contributed by atoms with Crippen LogP contribution in [0.15, 0.2) is 48.1 Å². The number of carbonyl (C=O) groups is 1. The number of amides is 1. The molecule has 0 radical (unpaired) electrons. The van der Waals surface area contributed by atoms with E-state index in [1.165, 1.54) is 5.57 Å². The van der Waals surface area contributed by atoms with Crippen LogP contribution in [-0.2, 0) is 0 Å². The molecule has 0 atom stereocenters. The summed E-state index contributed by atoms with van der Waals surface area (Å²) in [6.45, 7) is 8.30. The number of allylic oxidation sites excluding steroid dienone is 1. The van der Waals surface area contributed by atoms with Gasteiger partial charge in [0.1, 0.15) is 5.75 Å². The van der Waals surface area contributed by atoms with Gasteiger partial charge in [-0.25, -0.2) is 0 Å². The van der Waals surface area contributed by atoms with E-state index in [0.717, 1.165) is 31.8 Å². The topological polar surface area (TPSA) is 32.8 Å². The zero-order valence-electron chi connectivity index (χ0n) is 15.0. The molecule has 0 fully saturated rings. The summed E-state index contributed by atoms with van der Waals surface area (Å²) in [5.41, 5.74) is 2.01. The minimum Gasteiger partial charge on any atom is -0.494 e. The van der Waals surface area contributed by atoms with Crippen molar-refractivity contribution in [3.8, 4) is 5.75 Å². The summed E-state index contributed by atoms with van der Waals surface area (Å²) < 4.78 is 5.42. The van der Waals surface area contributed by atoms with Gasteiger partial charge in [-0.1, -0.05) is 18.2 Å². The largest absolute Gasteiger partial charge is 0.494 e. The molecule has 0 saturated carbocycles. The van der Waals surface area contributed by atoms with E-state index in [1.54, 1.807) is 4.90 Å². The first-order valence-electron chi connectivity index (χ1n) is 8.63. The SMILES string of the molecule is C/C=C/CN1CCC=C(CN(C)C(=O)c2ccc(OCC)cc2)C1. The molecule has 0 N–H and O–H groups in total. The van der Waals surface area contributed by atoms with Crippen LogP contribution >= 0.6 is 0 Å². The second-order valence-corrected chi connectivity index (χ2v) is 6.07. The molecular weight excluding hydrogens is 300 g/mol. The molecule has 0 bridgehead atoms. The average molecular weight is 328 g/mol. The first kappa shape index (κ1) is 18.3. The number of hydrogen-bond acceptors (Lipinski definition) is 3.